The number of rotatable bonds is 12. The Bertz CT molecular complexity index is 1360. The summed E-state index contributed by atoms with van der Waals surface area (Å²) in [5.41, 5.74) is 2.23. The van der Waals surface area contributed by atoms with Crippen LogP contribution in [0.2, 0.25) is 5.02 Å². The highest BCUT2D eigenvalue weighted by atomic mass is 35.5. The normalized spacial score (nSPS) is 11.6. The molecule has 0 aliphatic carbocycles. The largest absolute Gasteiger partial charge is 0.494 e. The molecule has 0 unspecified atom stereocenters. The van der Waals surface area contributed by atoms with E-state index in [9.17, 15) is 18.0 Å². The molecule has 4 rings (SSSR count). The number of halogens is 4. The van der Waals surface area contributed by atoms with Crippen molar-refractivity contribution in [3.8, 4) is 5.75 Å². The van der Waals surface area contributed by atoms with Gasteiger partial charge in [-0.05, 0) is 53.4 Å². The lowest BCUT2D eigenvalue weighted by atomic mass is 9.90. The molecular formula is C33H31ClF3NO3. The first-order valence-electron chi connectivity index (χ1n) is 13.2. The zero-order chi connectivity index (χ0) is 29.2. The van der Waals surface area contributed by atoms with Crippen molar-refractivity contribution in [3.63, 3.8) is 0 Å². The van der Waals surface area contributed by atoms with Gasteiger partial charge in [0.2, 0.25) is 0 Å². The fourth-order valence-corrected chi connectivity index (χ4v) is 5.00. The second-order valence-corrected chi connectivity index (χ2v) is 9.98. The molecule has 0 heterocycles. The van der Waals surface area contributed by atoms with Crippen LogP contribution in [-0.2, 0) is 17.5 Å². The van der Waals surface area contributed by atoms with Crippen LogP contribution in [0.3, 0.4) is 0 Å². The third-order valence-corrected chi connectivity index (χ3v) is 7.23. The predicted molar refractivity (Wildman–Crippen MR) is 154 cm³/mol. The van der Waals surface area contributed by atoms with E-state index in [0.29, 0.717) is 43.0 Å². The maximum absolute atomic E-state index is 13.6. The number of carbonyl (C=O) groups is 1. The minimum atomic E-state index is -4.54. The second-order valence-electron chi connectivity index (χ2n) is 9.60. The van der Waals surface area contributed by atoms with E-state index >= 15 is 0 Å². The highest BCUT2D eigenvalue weighted by Crippen LogP contribution is 2.37. The number of methoxy groups -OCH3 is 1. The number of alkyl halides is 3. The Kier molecular flexibility index (Phi) is 10.4. The van der Waals surface area contributed by atoms with E-state index in [1.54, 1.807) is 30.3 Å². The molecular weight excluding hydrogens is 551 g/mol. The van der Waals surface area contributed by atoms with E-state index in [-0.39, 0.29) is 17.5 Å². The number of nitrogens with zero attached hydrogens (tertiary/aromatic N) is 1. The molecule has 41 heavy (non-hydrogen) atoms. The maximum atomic E-state index is 13.6. The average molecular weight is 582 g/mol. The number of ether oxygens (including phenoxy) is 2. The Balaban J connectivity index is 1.53. The number of hydrogen-bond donors (Lipinski definition) is 0. The SMILES string of the molecule is COC(=O)c1ccc(OCCCN(Cc2cccc(C(F)(F)F)c2Cl)CC(c2ccccc2)c2ccccc2)cc1. The molecule has 8 heteroatoms. The lowest BCUT2D eigenvalue weighted by Crippen LogP contribution is -2.31. The van der Waals surface area contributed by atoms with Gasteiger partial charge >= 0.3 is 12.1 Å². The minimum Gasteiger partial charge on any atom is -0.494 e. The zero-order valence-electron chi connectivity index (χ0n) is 22.6. The van der Waals surface area contributed by atoms with Crippen LogP contribution in [0.4, 0.5) is 13.2 Å². The van der Waals surface area contributed by atoms with Crippen molar-refractivity contribution in [2.75, 3.05) is 26.8 Å². The fourth-order valence-electron chi connectivity index (χ4n) is 4.71. The van der Waals surface area contributed by atoms with Gasteiger partial charge in [0.15, 0.2) is 0 Å². The van der Waals surface area contributed by atoms with E-state index in [2.05, 4.69) is 29.2 Å². The molecule has 0 spiro atoms. The number of hydrogen-bond acceptors (Lipinski definition) is 4. The smallest absolute Gasteiger partial charge is 0.417 e. The van der Waals surface area contributed by atoms with Gasteiger partial charge in [0.25, 0.3) is 0 Å². The topological polar surface area (TPSA) is 38.8 Å². The van der Waals surface area contributed by atoms with Gasteiger partial charge in [-0.3, -0.25) is 4.90 Å². The van der Waals surface area contributed by atoms with Gasteiger partial charge in [-0.1, -0.05) is 84.4 Å². The van der Waals surface area contributed by atoms with Crippen molar-refractivity contribution < 1.29 is 27.4 Å². The first-order valence-corrected chi connectivity index (χ1v) is 13.6. The highest BCUT2D eigenvalue weighted by Gasteiger charge is 2.34. The Labute approximate surface area is 243 Å². The van der Waals surface area contributed by atoms with Crippen molar-refractivity contribution >= 4 is 17.6 Å². The molecule has 0 saturated heterocycles. The quantitative estimate of drug-likeness (QED) is 0.125. The van der Waals surface area contributed by atoms with Crippen LogP contribution in [-0.4, -0.2) is 37.7 Å². The molecule has 0 amide bonds. The zero-order valence-corrected chi connectivity index (χ0v) is 23.4. The summed E-state index contributed by atoms with van der Waals surface area (Å²) in [6.45, 7) is 1.75. The molecule has 4 aromatic rings. The average Bonchev–Trinajstić information content (AvgIpc) is 2.99. The van der Waals surface area contributed by atoms with E-state index in [1.165, 1.54) is 13.2 Å². The number of carbonyl (C=O) groups excluding carboxylic acids is 1. The second kappa shape index (κ2) is 14.2. The van der Waals surface area contributed by atoms with Gasteiger partial charge in [0.1, 0.15) is 5.75 Å². The van der Waals surface area contributed by atoms with Crippen molar-refractivity contribution in [2.45, 2.75) is 25.1 Å². The Morgan fingerprint density at radius 1 is 0.854 bits per heavy atom. The summed E-state index contributed by atoms with van der Waals surface area (Å²) < 4.78 is 51.3. The molecule has 0 radical (unpaired) electrons. The van der Waals surface area contributed by atoms with Crippen LogP contribution in [0.25, 0.3) is 0 Å². The van der Waals surface area contributed by atoms with Gasteiger partial charge in [0.05, 0.1) is 29.9 Å². The van der Waals surface area contributed by atoms with Crippen LogP contribution in [0.5, 0.6) is 5.75 Å². The molecule has 0 saturated carbocycles. The molecule has 0 aliphatic heterocycles. The molecule has 4 nitrogen and oxygen atoms in total. The van der Waals surface area contributed by atoms with E-state index in [0.717, 1.165) is 17.2 Å². The summed E-state index contributed by atoms with van der Waals surface area (Å²) >= 11 is 6.29. The predicted octanol–water partition coefficient (Wildman–Crippen LogP) is 8.25. The first kappa shape index (κ1) is 30.2. The third-order valence-electron chi connectivity index (χ3n) is 6.79. The van der Waals surface area contributed by atoms with Crippen LogP contribution >= 0.6 is 11.6 Å². The molecule has 214 valence electrons. The first-order chi connectivity index (χ1) is 19.8. The summed E-state index contributed by atoms with van der Waals surface area (Å²) in [7, 11) is 1.32. The van der Waals surface area contributed by atoms with Crippen molar-refractivity contribution in [3.05, 3.63) is 136 Å². The monoisotopic (exact) mass is 581 g/mol. The molecule has 0 aromatic heterocycles. The lowest BCUT2D eigenvalue weighted by Gasteiger charge is -2.29. The van der Waals surface area contributed by atoms with Crippen LogP contribution < -0.4 is 4.74 Å². The maximum Gasteiger partial charge on any atom is 0.417 e. The number of benzene rings is 4. The summed E-state index contributed by atoms with van der Waals surface area (Å²) in [6, 6.07) is 30.8. The molecule has 0 atom stereocenters. The fraction of sp³-hybridized carbons (Fsp3) is 0.242. The Morgan fingerprint density at radius 3 is 2.02 bits per heavy atom. The molecule has 0 fully saturated rings. The highest BCUT2D eigenvalue weighted by molar-refractivity contribution is 6.32. The summed E-state index contributed by atoms with van der Waals surface area (Å²) in [5.74, 6) is 0.178. The van der Waals surface area contributed by atoms with Crippen LogP contribution in [0.1, 0.15) is 45.0 Å². The standard InChI is InChI=1S/C33H31ClF3NO3/c1-40-32(39)26-16-18-28(19-17-26)41-21-9-20-38(22-27-14-8-15-30(31(27)34)33(35,36)37)23-29(24-10-4-2-5-11-24)25-12-6-3-7-13-25/h2-8,10-19,29H,9,20-23H2,1H3. The third kappa shape index (κ3) is 8.35. The van der Waals surface area contributed by atoms with Crippen LogP contribution in [0, 0.1) is 0 Å². The van der Waals surface area contributed by atoms with E-state index < -0.39 is 17.7 Å². The Morgan fingerprint density at radius 2 is 1.46 bits per heavy atom. The van der Waals surface area contributed by atoms with Gasteiger partial charge in [0, 0.05) is 25.6 Å². The van der Waals surface area contributed by atoms with Crippen molar-refractivity contribution in [2.24, 2.45) is 0 Å². The van der Waals surface area contributed by atoms with Gasteiger partial charge in [-0.15, -0.1) is 0 Å². The van der Waals surface area contributed by atoms with Crippen molar-refractivity contribution in [1.82, 2.24) is 4.90 Å². The summed E-state index contributed by atoms with van der Waals surface area (Å²) in [5, 5.41) is -0.275. The van der Waals surface area contributed by atoms with Crippen LogP contribution in [0.15, 0.2) is 103 Å². The van der Waals surface area contributed by atoms with E-state index in [4.69, 9.17) is 21.1 Å². The van der Waals surface area contributed by atoms with Gasteiger partial charge in [-0.2, -0.15) is 13.2 Å². The molecule has 4 aromatic carbocycles. The van der Waals surface area contributed by atoms with E-state index in [1.807, 2.05) is 36.4 Å². The lowest BCUT2D eigenvalue weighted by molar-refractivity contribution is -0.137. The number of esters is 1. The van der Waals surface area contributed by atoms with Crippen molar-refractivity contribution in [1.29, 1.82) is 0 Å². The molecule has 0 bridgehead atoms. The molecule has 0 aliphatic rings. The summed E-state index contributed by atoms with van der Waals surface area (Å²) in [4.78, 5) is 13.8. The Hall–Kier alpha value is -3.81. The minimum absolute atomic E-state index is 0.00578. The summed E-state index contributed by atoms with van der Waals surface area (Å²) in [6.07, 6.45) is -3.92. The molecule has 0 N–H and O–H groups in total. The van der Waals surface area contributed by atoms with Gasteiger partial charge < -0.3 is 9.47 Å². The van der Waals surface area contributed by atoms with Gasteiger partial charge in [-0.25, -0.2) is 4.79 Å².